The minimum atomic E-state index is -0.744. The minimum Gasteiger partial charge on any atom is -0.459 e. The third-order valence-corrected chi connectivity index (χ3v) is 3.51. The third kappa shape index (κ3) is 9.82. The first-order chi connectivity index (χ1) is 9.65. The van der Waals surface area contributed by atoms with Crippen LogP contribution in [0.4, 0.5) is 0 Å². The molecule has 0 aliphatic carbocycles. The Bertz CT molecular complexity index is 266. The first-order valence-corrected chi connectivity index (χ1v) is 8.10. The monoisotopic (exact) mass is 285 g/mol. The lowest BCUT2D eigenvalue weighted by atomic mass is 9.99. The largest absolute Gasteiger partial charge is 0.459 e. The number of unbranched alkanes of at least 4 members (excludes halogenated alkanes) is 4. The van der Waals surface area contributed by atoms with Gasteiger partial charge in [-0.2, -0.15) is 0 Å². The van der Waals surface area contributed by atoms with Crippen LogP contribution in [0.2, 0.25) is 0 Å². The van der Waals surface area contributed by atoms with Crippen molar-refractivity contribution < 1.29 is 14.3 Å². The molecule has 0 aliphatic heterocycles. The molecular weight excluding hydrogens is 254 g/mol. The lowest BCUT2D eigenvalue weighted by Gasteiger charge is -2.14. The van der Waals surface area contributed by atoms with Gasteiger partial charge in [0.1, 0.15) is 0 Å². The van der Waals surface area contributed by atoms with E-state index < -0.39 is 11.9 Å². The van der Waals surface area contributed by atoms with Crippen LogP contribution in [0.15, 0.2) is 0 Å². The molecule has 4 heteroatoms. The molecule has 118 valence electrons. The molecule has 0 fully saturated rings. The van der Waals surface area contributed by atoms with Crippen molar-refractivity contribution in [2.75, 3.05) is 13.2 Å². The number of hydrogen-bond acceptors (Lipinski definition) is 3. The Labute approximate surface area is 123 Å². The van der Waals surface area contributed by atoms with Crippen LogP contribution in [0.5, 0.6) is 0 Å². The second-order valence-electron chi connectivity index (χ2n) is 5.32. The zero-order chi connectivity index (χ0) is 15.2. The van der Waals surface area contributed by atoms with Crippen LogP contribution in [0.1, 0.15) is 72.1 Å². The van der Waals surface area contributed by atoms with Crippen LogP contribution >= 0.6 is 0 Å². The number of amides is 1. The van der Waals surface area contributed by atoms with Gasteiger partial charge in [0.2, 0.25) is 0 Å². The summed E-state index contributed by atoms with van der Waals surface area (Å²) in [5, 5.41) is 2.68. The predicted molar refractivity (Wildman–Crippen MR) is 81.4 cm³/mol. The number of nitrogens with one attached hydrogen (secondary N) is 1. The Morgan fingerprint density at radius 3 is 2.30 bits per heavy atom. The van der Waals surface area contributed by atoms with Crippen LogP contribution in [-0.2, 0) is 14.3 Å². The lowest BCUT2D eigenvalue weighted by Crippen LogP contribution is -2.36. The fourth-order valence-corrected chi connectivity index (χ4v) is 2.01. The number of rotatable bonds is 11. The highest BCUT2D eigenvalue weighted by molar-refractivity contribution is 6.32. The zero-order valence-corrected chi connectivity index (χ0v) is 13.4. The molecular formula is C16H31NO3. The summed E-state index contributed by atoms with van der Waals surface area (Å²) in [6, 6.07) is 0. The molecule has 0 aromatic heterocycles. The highest BCUT2D eigenvalue weighted by atomic mass is 16.5. The maximum absolute atomic E-state index is 11.6. The number of carbonyl (C=O) groups is 2. The first-order valence-electron chi connectivity index (χ1n) is 8.10. The minimum absolute atomic E-state index is 0.347. The van der Waals surface area contributed by atoms with Crippen molar-refractivity contribution in [3.05, 3.63) is 0 Å². The number of ether oxygens (including phenoxy) is 1. The average molecular weight is 285 g/mol. The molecule has 1 atom stereocenters. The molecule has 0 bridgehead atoms. The predicted octanol–water partition coefficient (Wildman–Crippen LogP) is 3.44. The van der Waals surface area contributed by atoms with Crippen molar-refractivity contribution in [3.8, 4) is 0 Å². The van der Waals surface area contributed by atoms with Gasteiger partial charge in [-0.1, -0.05) is 59.3 Å². The smallest absolute Gasteiger partial charge is 0.396 e. The topological polar surface area (TPSA) is 55.4 Å². The fraction of sp³-hybridized carbons (Fsp3) is 0.875. The van der Waals surface area contributed by atoms with Crippen LogP contribution in [0.3, 0.4) is 0 Å². The van der Waals surface area contributed by atoms with Gasteiger partial charge < -0.3 is 10.1 Å². The van der Waals surface area contributed by atoms with Crippen molar-refractivity contribution in [2.45, 2.75) is 72.1 Å². The van der Waals surface area contributed by atoms with Crippen LogP contribution in [0, 0.1) is 5.92 Å². The molecule has 0 spiro atoms. The average Bonchev–Trinajstić information content (AvgIpc) is 2.46. The van der Waals surface area contributed by atoms with Crippen molar-refractivity contribution in [1.82, 2.24) is 5.32 Å². The van der Waals surface area contributed by atoms with E-state index in [9.17, 15) is 9.59 Å². The highest BCUT2D eigenvalue weighted by Gasteiger charge is 2.16. The summed E-state index contributed by atoms with van der Waals surface area (Å²) >= 11 is 0. The summed E-state index contributed by atoms with van der Waals surface area (Å²) in [6.45, 7) is 7.31. The van der Waals surface area contributed by atoms with E-state index in [-0.39, 0.29) is 0 Å². The van der Waals surface area contributed by atoms with E-state index in [1.54, 1.807) is 0 Å². The van der Waals surface area contributed by atoms with E-state index in [1.165, 1.54) is 0 Å². The van der Waals surface area contributed by atoms with E-state index in [4.69, 9.17) is 4.74 Å². The Morgan fingerprint density at radius 2 is 1.70 bits per heavy atom. The molecule has 0 saturated carbocycles. The Balaban J connectivity index is 3.75. The van der Waals surface area contributed by atoms with E-state index in [2.05, 4.69) is 26.1 Å². The second-order valence-corrected chi connectivity index (χ2v) is 5.32. The van der Waals surface area contributed by atoms with Crippen molar-refractivity contribution in [3.63, 3.8) is 0 Å². The molecule has 0 rings (SSSR count). The van der Waals surface area contributed by atoms with Gasteiger partial charge in [-0.3, -0.25) is 4.79 Å². The summed E-state index contributed by atoms with van der Waals surface area (Å²) in [5.74, 6) is -0.890. The van der Waals surface area contributed by atoms with Gasteiger partial charge in [0.15, 0.2) is 0 Å². The van der Waals surface area contributed by atoms with Gasteiger partial charge in [0, 0.05) is 6.54 Å². The molecule has 0 radical (unpaired) electrons. The molecule has 0 heterocycles. The molecule has 1 amide bonds. The van der Waals surface area contributed by atoms with Gasteiger partial charge >= 0.3 is 11.9 Å². The maximum atomic E-state index is 11.6. The Morgan fingerprint density at radius 1 is 1.00 bits per heavy atom. The van der Waals surface area contributed by atoms with Gasteiger partial charge in [-0.15, -0.1) is 0 Å². The number of esters is 1. The number of hydrogen-bond donors (Lipinski definition) is 1. The fourth-order valence-electron chi connectivity index (χ4n) is 2.01. The molecule has 0 aromatic carbocycles. The van der Waals surface area contributed by atoms with E-state index in [0.29, 0.717) is 19.1 Å². The second kappa shape index (κ2) is 12.9. The summed E-state index contributed by atoms with van der Waals surface area (Å²) in [4.78, 5) is 23.0. The van der Waals surface area contributed by atoms with Crippen molar-refractivity contribution >= 4 is 11.9 Å². The highest BCUT2D eigenvalue weighted by Crippen LogP contribution is 2.11. The lowest BCUT2D eigenvalue weighted by molar-refractivity contribution is -0.155. The maximum Gasteiger partial charge on any atom is 0.396 e. The molecule has 1 unspecified atom stereocenters. The molecule has 0 aromatic rings. The molecule has 1 N–H and O–H groups in total. The Hall–Kier alpha value is -1.06. The van der Waals surface area contributed by atoms with Gasteiger partial charge in [0.25, 0.3) is 0 Å². The summed E-state index contributed by atoms with van der Waals surface area (Å²) in [5.41, 5.74) is 0. The number of carbonyl (C=O) groups excluding carboxylic acids is 2. The van der Waals surface area contributed by atoms with E-state index >= 15 is 0 Å². The van der Waals surface area contributed by atoms with E-state index in [1.807, 2.05) is 0 Å². The summed E-state index contributed by atoms with van der Waals surface area (Å²) in [6.07, 6.45) is 8.59. The van der Waals surface area contributed by atoms with Crippen LogP contribution < -0.4 is 5.32 Å². The van der Waals surface area contributed by atoms with Gasteiger partial charge in [-0.25, -0.2) is 4.79 Å². The SMILES string of the molecule is CCCCCCOC(=O)C(=O)NCC(CC)CCCC. The summed E-state index contributed by atoms with van der Waals surface area (Å²) < 4.78 is 4.95. The standard InChI is InChI=1S/C16H31NO3/c1-4-7-9-10-12-20-16(19)15(18)17-13-14(6-3)11-8-5-2/h14H,4-13H2,1-3H3,(H,17,18). The first kappa shape index (κ1) is 18.9. The molecule has 0 saturated heterocycles. The summed E-state index contributed by atoms with van der Waals surface area (Å²) in [7, 11) is 0. The van der Waals surface area contributed by atoms with Gasteiger partial charge in [0.05, 0.1) is 6.61 Å². The van der Waals surface area contributed by atoms with Gasteiger partial charge in [-0.05, 0) is 18.8 Å². The molecule has 0 aliphatic rings. The van der Waals surface area contributed by atoms with Crippen LogP contribution in [0.25, 0.3) is 0 Å². The van der Waals surface area contributed by atoms with Crippen molar-refractivity contribution in [1.29, 1.82) is 0 Å². The normalized spacial score (nSPS) is 11.9. The van der Waals surface area contributed by atoms with E-state index in [0.717, 1.165) is 51.4 Å². The van der Waals surface area contributed by atoms with Crippen molar-refractivity contribution in [2.24, 2.45) is 5.92 Å². The quantitative estimate of drug-likeness (QED) is 0.359. The zero-order valence-electron chi connectivity index (χ0n) is 13.4. The Kier molecular flexibility index (Phi) is 12.3. The van der Waals surface area contributed by atoms with Crippen LogP contribution in [-0.4, -0.2) is 25.0 Å². The molecule has 20 heavy (non-hydrogen) atoms. The molecule has 4 nitrogen and oxygen atoms in total. The third-order valence-electron chi connectivity index (χ3n) is 3.51.